The van der Waals surface area contributed by atoms with E-state index in [0.717, 1.165) is 11.3 Å². The maximum absolute atomic E-state index is 11.8. The molecule has 0 spiro atoms. The molecule has 0 amide bonds. The molecule has 2 aromatic heterocycles. The predicted octanol–water partition coefficient (Wildman–Crippen LogP) is 1.74. The fourth-order valence-corrected chi connectivity index (χ4v) is 2.20. The van der Waals surface area contributed by atoms with Crippen LogP contribution in [0.15, 0.2) is 35.1 Å². The molecular formula is C15H17N5O2. The zero-order valence-electron chi connectivity index (χ0n) is 12.5. The molecule has 7 heteroatoms. The van der Waals surface area contributed by atoms with Crippen molar-refractivity contribution in [1.82, 2.24) is 19.6 Å². The zero-order chi connectivity index (χ0) is 15.5. The number of aromatic amines is 1. The van der Waals surface area contributed by atoms with Gasteiger partial charge in [-0.3, -0.25) is 9.89 Å². The summed E-state index contributed by atoms with van der Waals surface area (Å²) >= 11 is 0. The van der Waals surface area contributed by atoms with E-state index in [-0.39, 0.29) is 5.56 Å². The normalized spacial score (nSPS) is 10.8. The van der Waals surface area contributed by atoms with E-state index in [0.29, 0.717) is 30.6 Å². The van der Waals surface area contributed by atoms with Crippen LogP contribution in [0.25, 0.3) is 5.78 Å². The Labute approximate surface area is 127 Å². The van der Waals surface area contributed by atoms with Crippen LogP contribution in [0.2, 0.25) is 0 Å². The lowest BCUT2D eigenvalue weighted by atomic mass is 10.2. The van der Waals surface area contributed by atoms with Crippen LogP contribution in [0.4, 0.5) is 5.95 Å². The molecule has 22 heavy (non-hydrogen) atoms. The molecule has 1 aromatic carbocycles. The van der Waals surface area contributed by atoms with Gasteiger partial charge in [0.2, 0.25) is 5.95 Å². The van der Waals surface area contributed by atoms with Gasteiger partial charge >= 0.3 is 0 Å². The first kappa shape index (κ1) is 14.1. The van der Waals surface area contributed by atoms with Crippen LogP contribution in [0, 0.1) is 6.92 Å². The molecule has 0 fully saturated rings. The second kappa shape index (κ2) is 5.88. The van der Waals surface area contributed by atoms with Crippen molar-refractivity contribution in [1.29, 1.82) is 0 Å². The summed E-state index contributed by atoms with van der Waals surface area (Å²) < 4.78 is 6.89. The van der Waals surface area contributed by atoms with Gasteiger partial charge in [0.25, 0.3) is 11.3 Å². The molecule has 3 rings (SSSR count). The van der Waals surface area contributed by atoms with Crippen LogP contribution in [0.1, 0.15) is 18.2 Å². The smallest absolute Gasteiger partial charge is 0.274 e. The summed E-state index contributed by atoms with van der Waals surface area (Å²) in [7, 11) is 0. The zero-order valence-corrected chi connectivity index (χ0v) is 12.5. The molecule has 2 heterocycles. The first-order valence-corrected chi connectivity index (χ1v) is 7.08. The van der Waals surface area contributed by atoms with Crippen LogP contribution < -0.4 is 15.6 Å². The Morgan fingerprint density at radius 3 is 2.95 bits per heavy atom. The third-order valence-electron chi connectivity index (χ3n) is 3.18. The molecule has 0 aliphatic heterocycles. The Hall–Kier alpha value is -2.83. The van der Waals surface area contributed by atoms with Crippen molar-refractivity contribution in [2.75, 3.05) is 11.9 Å². The number of ether oxygens (including phenoxy) is 1. The average molecular weight is 299 g/mol. The van der Waals surface area contributed by atoms with E-state index in [4.69, 9.17) is 4.74 Å². The van der Waals surface area contributed by atoms with Crippen molar-refractivity contribution in [3.63, 3.8) is 0 Å². The third-order valence-corrected chi connectivity index (χ3v) is 3.18. The molecule has 0 bridgehead atoms. The van der Waals surface area contributed by atoms with Crippen LogP contribution in [0.3, 0.4) is 0 Å². The van der Waals surface area contributed by atoms with E-state index in [9.17, 15) is 4.79 Å². The minimum atomic E-state index is -0.183. The largest absolute Gasteiger partial charge is 0.494 e. The van der Waals surface area contributed by atoms with Gasteiger partial charge in [0, 0.05) is 23.9 Å². The van der Waals surface area contributed by atoms with Crippen molar-refractivity contribution in [3.8, 4) is 5.75 Å². The molecular weight excluding hydrogens is 282 g/mol. The maximum atomic E-state index is 11.8. The Bertz CT molecular complexity index is 853. The van der Waals surface area contributed by atoms with E-state index < -0.39 is 0 Å². The van der Waals surface area contributed by atoms with Crippen LogP contribution in [0.5, 0.6) is 5.75 Å². The van der Waals surface area contributed by atoms with Gasteiger partial charge in [-0.1, -0.05) is 18.2 Å². The first-order chi connectivity index (χ1) is 10.7. The van der Waals surface area contributed by atoms with Gasteiger partial charge < -0.3 is 10.1 Å². The number of nitrogens with zero attached hydrogens (tertiary/aromatic N) is 3. The highest BCUT2D eigenvalue weighted by Crippen LogP contribution is 2.18. The van der Waals surface area contributed by atoms with Gasteiger partial charge in [0.1, 0.15) is 5.75 Å². The summed E-state index contributed by atoms with van der Waals surface area (Å²) in [5.74, 6) is 1.67. The molecule has 0 aliphatic carbocycles. The summed E-state index contributed by atoms with van der Waals surface area (Å²) in [4.78, 5) is 20.3. The van der Waals surface area contributed by atoms with E-state index in [1.165, 1.54) is 10.6 Å². The minimum Gasteiger partial charge on any atom is -0.494 e. The second-order valence-corrected chi connectivity index (χ2v) is 4.84. The molecule has 0 unspecified atom stereocenters. The molecule has 0 atom stereocenters. The summed E-state index contributed by atoms with van der Waals surface area (Å²) in [5, 5.41) is 6.04. The highest BCUT2D eigenvalue weighted by atomic mass is 16.5. The SMILES string of the molecule is CCOc1ccccc1CNc1nc2nc(C)cc(=O)n2[nH]1. The number of aryl methyl sites for hydroxylation is 1. The number of aromatic nitrogens is 4. The van der Waals surface area contributed by atoms with Crippen molar-refractivity contribution in [2.24, 2.45) is 0 Å². The fourth-order valence-electron chi connectivity index (χ4n) is 2.20. The molecule has 0 saturated carbocycles. The Morgan fingerprint density at radius 1 is 1.32 bits per heavy atom. The quantitative estimate of drug-likeness (QED) is 0.749. The van der Waals surface area contributed by atoms with Crippen molar-refractivity contribution >= 4 is 11.7 Å². The number of H-pyrrole nitrogens is 1. The average Bonchev–Trinajstić information content (AvgIpc) is 2.90. The van der Waals surface area contributed by atoms with Gasteiger partial charge in [-0.2, -0.15) is 9.50 Å². The molecule has 2 N–H and O–H groups in total. The molecule has 3 aromatic rings. The van der Waals surface area contributed by atoms with Crippen LogP contribution in [-0.2, 0) is 6.54 Å². The van der Waals surface area contributed by atoms with Gasteiger partial charge in [-0.15, -0.1) is 0 Å². The third kappa shape index (κ3) is 2.78. The van der Waals surface area contributed by atoms with Gasteiger partial charge in [0.15, 0.2) is 0 Å². The lowest BCUT2D eigenvalue weighted by Crippen LogP contribution is -2.14. The fraction of sp³-hybridized carbons (Fsp3) is 0.267. The summed E-state index contributed by atoms with van der Waals surface area (Å²) in [5.41, 5.74) is 1.48. The summed E-state index contributed by atoms with van der Waals surface area (Å²) in [6.45, 7) is 4.86. The summed E-state index contributed by atoms with van der Waals surface area (Å²) in [6.07, 6.45) is 0. The predicted molar refractivity (Wildman–Crippen MR) is 83.3 cm³/mol. The van der Waals surface area contributed by atoms with Crippen molar-refractivity contribution < 1.29 is 4.74 Å². The van der Waals surface area contributed by atoms with E-state index in [1.807, 2.05) is 31.2 Å². The van der Waals surface area contributed by atoms with Crippen LogP contribution >= 0.6 is 0 Å². The minimum absolute atomic E-state index is 0.183. The Kier molecular flexibility index (Phi) is 3.78. The van der Waals surface area contributed by atoms with Gasteiger partial charge in [-0.05, 0) is 19.9 Å². The number of anilines is 1. The highest BCUT2D eigenvalue weighted by molar-refractivity contribution is 5.40. The van der Waals surface area contributed by atoms with E-state index >= 15 is 0 Å². The van der Waals surface area contributed by atoms with Gasteiger partial charge in [0.05, 0.1) is 6.61 Å². The Morgan fingerprint density at radius 2 is 2.14 bits per heavy atom. The standard InChI is InChI=1S/C15H17N5O2/c1-3-22-12-7-5-4-6-11(12)9-16-14-18-15-17-10(2)8-13(21)20(15)19-14/h4-8H,3,9H2,1-2H3,(H2,16,17,18,19). The molecule has 7 nitrogen and oxygen atoms in total. The number of hydrogen-bond donors (Lipinski definition) is 2. The number of rotatable bonds is 5. The van der Waals surface area contributed by atoms with Crippen molar-refractivity contribution in [2.45, 2.75) is 20.4 Å². The number of fused-ring (bicyclic) bond motifs is 1. The number of nitrogens with one attached hydrogen (secondary N) is 2. The number of para-hydroxylation sites is 1. The molecule has 0 saturated heterocycles. The Balaban J connectivity index is 1.82. The lowest BCUT2D eigenvalue weighted by Gasteiger charge is -2.09. The molecule has 0 aliphatic rings. The van der Waals surface area contributed by atoms with E-state index in [2.05, 4.69) is 20.4 Å². The maximum Gasteiger partial charge on any atom is 0.274 e. The molecule has 114 valence electrons. The van der Waals surface area contributed by atoms with Crippen molar-refractivity contribution in [3.05, 3.63) is 51.9 Å². The van der Waals surface area contributed by atoms with E-state index in [1.54, 1.807) is 6.92 Å². The lowest BCUT2D eigenvalue weighted by molar-refractivity contribution is 0.337. The topological polar surface area (TPSA) is 84.3 Å². The highest BCUT2D eigenvalue weighted by Gasteiger charge is 2.07. The van der Waals surface area contributed by atoms with Gasteiger partial charge in [-0.25, -0.2) is 4.98 Å². The van der Waals surface area contributed by atoms with Crippen LogP contribution in [-0.4, -0.2) is 26.2 Å². The number of benzene rings is 1. The second-order valence-electron chi connectivity index (χ2n) is 4.84. The first-order valence-electron chi connectivity index (χ1n) is 7.08. The molecule has 0 radical (unpaired) electrons. The summed E-state index contributed by atoms with van der Waals surface area (Å²) in [6, 6.07) is 9.25. The monoisotopic (exact) mass is 299 g/mol. The number of hydrogen-bond acceptors (Lipinski definition) is 5.